The van der Waals surface area contributed by atoms with Crippen molar-refractivity contribution in [2.75, 3.05) is 0 Å². The molecule has 11 rings (SSSR count). The maximum absolute atomic E-state index is 9.70. The largest absolute Gasteiger partial charge is 0.456 e. The molecule has 0 aliphatic heterocycles. The van der Waals surface area contributed by atoms with E-state index in [1.807, 2.05) is 152 Å². The van der Waals surface area contributed by atoms with Crippen LogP contribution < -0.4 is 0 Å². The molecule has 0 aliphatic rings. The van der Waals surface area contributed by atoms with E-state index in [2.05, 4.69) is 24.3 Å². The van der Waals surface area contributed by atoms with Gasteiger partial charge >= 0.3 is 0 Å². The van der Waals surface area contributed by atoms with Gasteiger partial charge in [-0.25, -0.2) is 15.0 Å². The van der Waals surface area contributed by atoms with Gasteiger partial charge in [0.2, 0.25) is 0 Å². The van der Waals surface area contributed by atoms with Gasteiger partial charge in [-0.3, -0.25) is 0 Å². The van der Waals surface area contributed by atoms with Crippen LogP contribution in [0.25, 0.3) is 111 Å². The van der Waals surface area contributed by atoms with E-state index in [9.17, 15) is 4.11 Å². The van der Waals surface area contributed by atoms with Crippen LogP contribution in [-0.2, 0) is 0 Å². The fraction of sp³-hybridized carbons (Fsp3) is 0. The highest BCUT2D eigenvalue weighted by Crippen LogP contribution is 2.40. The number of benzene rings is 9. The van der Waals surface area contributed by atoms with E-state index in [0.29, 0.717) is 28.3 Å². The minimum absolute atomic E-state index is 0.00240. The first-order chi connectivity index (χ1) is 31.7. The molecule has 0 saturated heterocycles. The number of hydrogen-bond acceptors (Lipinski definition) is 4. The number of hydrogen-bond donors (Lipinski definition) is 0. The molecule has 0 bridgehead atoms. The van der Waals surface area contributed by atoms with Gasteiger partial charge in [0.1, 0.15) is 11.2 Å². The zero-order chi connectivity index (χ0) is 44.3. The molecule has 59 heavy (non-hydrogen) atoms. The van der Waals surface area contributed by atoms with E-state index < -0.39 is 0 Å². The van der Waals surface area contributed by atoms with Gasteiger partial charge in [0.15, 0.2) is 17.5 Å². The molecule has 0 spiro atoms. The van der Waals surface area contributed by atoms with Crippen LogP contribution >= 0.6 is 0 Å². The second kappa shape index (κ2) is 14.5. The van der Waals surface area contributed by atoms with E-state index in [-0.39, 0.29) is 75.1 Å². The van der Waals surface area contributed by atoms with Crippen LogP contribution in [0.2, 0.25) is 0 Å². The average Bonchev–Trinajstić information content (AvgIpc) is 3.77. The second-order valence-corrected chi connectivity index (χ2v) is 14.3. The van der Waals surface area contributed by atoms with Crippen LogP contribution in [-0.4, -0.2) is 15.0 Å². The maximum atomic E-state index is 9.70. The predicted molar refractivity (Wildman–Crippen MR) is 243 cm³/mol. The smallest absolute Gasteiger partial charge is 0.164 e. The normalized spacial score (nSPS) is 12.8. The Morgan fingerprint density at radius 3 is 1.59 bits per heavy atom. The third kappa shape index (κ3) is 6.43. The third-order valence-corrected chi connectivity index (χ3v) is 10.7. The van der Waals surface area contributed by atoms with Crippen molar-refractivity contribution < 1.29 is 12.6 Å². The third-order valence-electron chi connectivity index (χ3n) is 10.7. The van der Waals surface area contributed by atoms with Gasteiger partial charge in [-0.2, -0.15) is 0 Å². The number of furan rings is 1. The van der Waals surface area contributed by atoms with Crippen LogP contribution in [0.4, 0.5) is 0 Å². The minimum atomic E-state index is -0.349. The molecule has 0 unspecified atom stereocenters. The van der Waals surface area contributed by atoms with Gasteiger partial charge in [0.25, 0.3) is 0 Å². The molecule has 4 nitrogen and oxygen atoms in total. The van der Waals surface area contributed by atoms with Gasteiger partial charge in [-0.15, -0.1) is 0 Å². The summed E-state index contributed by atoms with van der Waals surface area (Å²) in [6.45, 7) is 0. The fourth-order valence-electron chi connectivity index (χ4n) is 7.72. The fourth-order valence-corrected chi connectivity index (χ4v) is 7.72. The van der Waals surface area contributed by atoms with Crippen molar-refractivity contribution in [3.8, 4) is 78.7 Å². The Bertz CT molecular complexity index is 3660. The van der Waals surface area contributed by atoms with E-state index in [4.69, 9.17) is 23.5 Å². The van der Waals surface area contributed by atoms with Crippen molar-refractivity contribution in [3.05, 3.63) is 212 Å². The molecule has 0 amide bonds. The van der Waals surface area contributed by atoms with Crippen LogP contribution in [0.5, 0.6) is 0 Å². The number of nitrogens with zero attached hydrogens (tertiary/aromatic N) is 3. The lowest BCUT2D eigenvalue weighted by molar-refractivity contribution is 0.669. The summed E-state index contributed by atoms with van der Waals surface area (Å²) >= 11 is 0. The topological polar surface area (TPSA) is 51.8 Å². The van der Waals surface area contributed by atoms with Crippen molar-refractivity contribution >= 4 is 32.7 Å². The molecule has 0 N–H and O–H groups in total. The molecular weight excluding hydrogens is 719 g/mol. The molecule has 9 aromatic carbocycles. The van der Waals surface area contributed by atoms with Gasteiger partial charge in [0.05, 0.1) is 8.22 Å². The molecule has 2 aromatic heterocycles. The molecule has 0 radical (unpaired) electrons. The molecule has 0 atom stereocenters. The lowest BCUT2D eigenvalue weighted by atomic mass is 9.92. The van der Waals surface area contributed by atoms with Crippen molar-refractivity contribution in [1.29, 1.82) is 0 Å². The standard InChI is InChI=1S/C55H35N3O/c1-4-13-36(14-5-1)38-23-26-41(27-24-38)47-21-12-22-50-52(47)48-32-30-45(35-51(48)59-50)55-57-53(43-28-25-37-15-10-11-20-42(37)33-43)56-54(58-55)44-29-31-46(39-16-6-2-7-17-39)49(34-44)40-18-8-3-9-19-40/h1-35H/i12D,21D,22D,30D,32D,35D. The Balaban J connectivity index is 1.14. The lowest BCUT2D eigenvalue weighted by Crippen LogP contribution is -2.00. The molecule has 4 heteroatoms. The zero-order valence-corrected chi connectivity index (χ0v) is 31.5. The molecule has 0 fully saturated rings. The van der Waals surface area contributed by atoms with Crippen LogP contribution in [0.15, 0.2) is 217 Å². The monoisotopic (exact) mass is 759 g/mol. The van der Waals surface area contributed by atoms with E-state index in [1.54, 1.807) is 0 Å². The summed E-state index contributed by atoms with van der Waals surface area (Å²) in [5, 5.41) is 2.36. The molecule has 276 valence electrons. The van der Waals surface area contributed by atoms with Gasteiger partial charge in [-0.1, -0.05) is 182 Å². The number of rotatable bonds is 7. The molecule has 0 aliphatic carbocycles. The summed E-state index contributed by atoms with van der Waals surface area (Å²) in [7, 11) is 0. The summed E-state index contributed by atoms with van der Waals surface area (Å²) < 4.78 is 62.0. The van der Waals surface area contributed by atoms with E-state index >= 15 is 0 Å². The highest BCUT2D eigenvalue weighted by Gasteiger charge is 2.18. The Hall–Kier alpha value is -7.95. The van der Waals surface area contributed by atoms with E-state index in [1.165, 1.54) is 0 Å². The maximum Gasteiger partial charge on any atom is 0.164 e. The number of aromatic nitrogens is 3. The quantitative estimate of drug-likeness (QED) is 0.162. The molecule has 0 saturated carbocycles. The summed E-state index contributed by atoms with van der Waals surface area (Å²) in [4.78, 5) is 15.0. The first-order valence-electron chi connectivity index (χ1n) is 22.4. The summed E-state index contributed by atoms with van der Waals surface area (Å²) in [5.74, 6) is 0.617. The molecule has 2 heterocycles. The van der Waals surface area contributed by atoms with Crippen LogP contribution in [0.3, 0.4) is 0 Å². The van der Waals surface area contributed by atoms with Crippen molar-refractivity contribution in [2.24, 2.45) is 0 Å². The first-order valence-corrected chi connectivity index (χ1v) is 19.4. The van der Waals surface area contributed by atoms with Crippen molar-refractivity contribution in [2.45, 2.75) is 0 Å². The van der Waals surface area contributed by atoms with Crippen LogP contribution in [0, 0.1) is 0 Å². The number of fused-ring (bicyclic) bond motifs is 4. The summed E-state index contributed by atoms with van der Waals surface area (Å²) in [6, 6.07) is 55.8. The Morgan fingerprint density at radius 1 is 0.356 bits per heavy atom. The highest BCUT2D eigenvalue weighted by molar-refractivity contribution is 6.13. The summed E-state index contributed by atoms with van der Waals surface area (Å²) in [6.07, 6.45) is 0. The predicted octanol–water partition coefficient (Wildman–Crippen LogP) is 14.6. The minimum Gasteiger partial charge on any atom is -0.456 e. The Kier molecular flexibility index (Phi) is 7.00. The van der Waals surface area contributed by atoms with Crippen LogP contribution in [0.1, 0.15) is 8.22 Å². The highest BCUT2D eigenvalue weighted by atomic mass is 16.3. The Morgan fingerprint density at radius 2 is 0.881 bits per heavy atom. The zero-order valence-electron chi connectivity index (χ0n) is 37.5. The summed E-state index contributed by atoms with van der Waals surface area (Å²) in [5.41, 5.74) is 8.07. The van der Waals surface area contributed by atoms with Gasteiger partial charge < -0.3 is 4.42 Å². The first kappa shape index (κ1) is 28.4. The van der Waals surface area contributed by atoms with Crippen molar-refractivity contribution in [3.63, 3.8) is 0 Å². The molecule has 11 aromatic rings. The average molecular weight is 760 g/mol. The molecular formula is C55H35N3O. The van der Waals surface area contributed by atoms with E-state index in [0.717, 1.165) is 44.2 Å². The SMILES string of the molecule is [2H]c1c([2H])c(-c2ccc(-c3ccccc3)cc2)c2c(oc3c([2H])c(-c4nc(-c5ccc(-c6ccccc6)c(-c6ccccc6)c5)nc(-c5ccc6ccccc6c5)n4)c([2H])c([2H])c32)c1[2H]. The Labute approximate surface area is 350 Å². The second-order valence-electron chi connectivity index (χ2n) is 14.3. The van der Waals surface area contributed by atoms with Crippen molar-refractivity contribution in [1.82, 2.24) is 15.0 Å². The van der Waals surface area contributed by atoms with Gasteiger partial charge in [0, 0.05) is 27.5 Å². The lowest BCUT2D eigenvalue weighted by Gasteiger charge is -2.14. The van der Waals surface area contributed by atoms with Gasteiger partial charge in [-0.05, 0) is 85.5 Å².